The predicted octanol–water partition coefficient (Wildman–Crippen LogP) is 2.30. The third-order valence-electron chi connectivity index (χ3n) is 2.18. The van der Waals surface area contributed by atoms with Crippen LogP contribution in [0, 0.1) is 0 Å². The van der Waals surface area contributed by atoms with Gasteiger partial charge in [-0.2, -0.15) is 4.37 Å². The van der Waals surface area contributed by atoms with Crippen LogP contribution in [0.1, 0.15) is 17.0 Å². The number of hydrogen-bond acceptors (Lipinski definition) is 4. The Hall–Kier alpha value is -1.42. The number of aromatic nitrogens is 2. The summed E-state index contributed by atoms with van der Waals surface area (Å²) in [7, 11) is 0. The topological polar surface area (TPSA) is 51.8 Å². The minimum Gasteiger partial charge on any atom is -0.367 e. The van der Waals surface area contributed by atoms with Crippen molar-refractivity contribution in [3.05, 3.63) is 40.9 Å². The smallest absolute Gasteiger partial charge is 0.232 e. The molecule has 4 heteroatoms. The molecule has 0 radical (unpaired) electrons. The highest BCUT2D eigenvalue weighted by molar-refractivity contribution is 7.05. The standard InChI is InChI=1S/C11H13N3S/c12-11-13-10(15-14-11)8-4-7-9-5-2-1-3-6-9/h1-3,5-6H,4,7-8H2,(H2,12,14). The lowest BCUT2D eigenvalue weighted by Gasteiger charge is -1.98. The fourth-order valence-corrected chi connectivity index (χ4v) is 2.07. The molecule has 15 heavy (non-hydrogen) atoms. The van der Waals surface area contributed by atoms with E-state index in [0.29, 0.717) is 5.95 Å². The van der Waals surface area contributed by atoms with Crippen LogP contribution in [0.5, 0.6) is 0 Å². The molecule has 0 saturated heterocycles. The summed E-state index contributed by atoms with van der Waals surface area (Å²) in [5, 5.41) is 1.03. The van der Waals surface area contributed by atoms with Gasteiger partial charge in [0, 0.05) is 6.42 Å². The monoisotopic (exact) mass is 219 g/mol. The summed E-state index contributed by atoms with van der Waals surface area (Å²) in [6, 6.07) is 10.5. The Kier molecular flexibility index (Phi) is 3.29. The molecule has 0 spiro atoms. The molecule has 0 fully saturated rings. The molecule has 0 bridgehead atoms. The van der Waals surface area contributed by atoms with Crippen LogP contribution in [0.25, 0.3) is 0 Å². The fraction of sp³-hybridized carbons (Fsp3) is 0.273. The number of rotatable bonds is 4. The lowest BCUT2D eigenvalue weighted by molar-refractivity contribution is 0.815. The van der Waals surface area contributed by atoms with Gasteiger partial charge in [-0.1, -0.05) is 30.3 Å². The van der Waals surface area contributed by atoms with Crippen molar-refractivity contribution >= 4 is 17.5 Å². The molecule has 3 nitrogen and oxygen atoms in total. The molecule has 1 aromatic carbocycles. The second-order valence-corrected chi connectivity index (χ2v) is 4.22. The largest absolute Gasteiger partial charge is 0.367 e. The second-order valence-electron chi connectivity index (χ2n) is 3.39. The molecule has 2 aromatic rings. The predicted molar refractivity (Wildman–Crippen MR) is 62.8 cm³/mol. The van der Waals surface area contributed by atoms with Crippen LogP contribution >= 0.6 is 11.5 Å². The maximum Gasteiger partial charge on any atom is 0.232 e. The Morgan fingerprint density at radius 2 is 1.93 bits per heavy atom. The average molecular weight is 219 g/mol. The molecule has 0 amide bonds. The van der Waals surface area contributed by atoms with E-state index in [2.05, 4.69) is 33.6 Å². The van der Waals surface area contributed by atoms with Crippen LogP contribution in [0.15, 0.2) is 30.3 Å². The Morgan fingerprint density at radius 3 is 2.60 bits per heavy atom. The van der Waals surface area contributed by atoms with E-state index >= 15 is 0 Å². The number of nitrogen functional groups attached to an aromatic ring is 1. The molecule has 1 aromatic heterocycles. The van der Waals surface area contributed by atoms with Crippen LogP contribution in [0.2, 0.25) is 0 Å². The van der Waals surface area contributed by atoms with Crippen LogP contribution in [0.4, 0.5) is 5.95 Å². The first-order valence-corrected chi connectivity index (χ1v) is 5.74. The lowest BCUT2D eigenvalue weighted by Crippen LogP contribution is -1.90. The van der Waals surface area contributed by atoms with Crippen LogP contribution < -0.4 is 5.73 Å². The van der Waals surface area contributed by atoms with Gasteiger partial charge in [-0.15, -0.1) is 0 Å². The third kappa shape index (κ3) is 3.02. The van der Waals surface area contributed by atoms with Gasteiger partial charge in [0.2, 0.25) is 5.95 Å². The SMILES string of the molecule is Nc1nsc(CCCc2ccccc2)n1. The summed E-state index contributed by atoms with van der Waals surface area (Å²) in [4.78, 5) is 4.13. The van der Waals surface area contributed by atoms with Crippen LogP contribution in [0.3, 0.4) is 0 Å². The minimum atomic E-state index is 0.398. The van der Waals surface area contributed by atoms with Gasteiger partial charge in [0.15, 0.2) is 0 Å². The molecule has 2 N–H and O–H groups in total. The van der Waals surface area contributed by atoms with Crippen molar-refractivity contribution in [2.75, 3.05) is 5.73 Å². The van der Waals surface area contributed by atoms with Crippen molar-refractivity contribution in [2.24, 2.45) is 0 Å². The molecule has 0 aliphatic carbocycles. The molecule has 2 rings (SSSR count). The molecular weight excluding hydrogens is 206 g/mol. The van der Waals surface area contributed by atoms with Crippen molar-refractivity contribution in [1.29, 1.82) is 0 Å². The van der Waals surface area contributed by atoms with Gasteiger partial charge in [0.25, 0.3) is 0 Å². The number of anilines is 1. The first-order valence-electron chi connectivity index (χ1n) is 4.96. The Balaban J connectivity index is 1.80. The van der Waals surface area contributed by atoms with Crippen molar-refractivity contribution in [3.8, 4) is 0 Å². The highest BCUT2D eigenvalue weighted by Crippen LogP contribution is 2.10. The second kappa shape index (κ2) is 4.89. The van der Waals surface area contributed by atoms with Gasteiger partial charge in [-0.3, -0.25) is 0 Å². The van der Waals surface area contributed by atoms with E-state index in [-0.39, 0.29) is 0 Å². The maximum absolute atomic E-state index is 5.45. The Labute approximate surface area is 93.1 Å². The molecule has 0 atom stereocenters. The van der Waals surface area contributed by atoms with Crippen molar-refractivity contribution in [1.82, 2.24) is 9.36 Å². The van der Waals surface area contributed by atoms with Crippen molar-refractivity contribution in [2.45, 2.75) is 19.3 Å². The maximum atomic E-state index is 5.45. The highest BCUT2D eigenvalue weighted by atomic mass is 32.1. The Morgan fingerprint density at radius 1 is 1.13 bits per heavy atom. The normalized spacial score (nSPS) is 10.4. The number of benzene rings is 1. The third-order valence-corrected chi connectivity index (χ3v) is 2.97. The summed E-state index contributed by atoms with van der Waals surface area (Å²) in [6.07, 6.45) is 3.14. The number of aryl methyl sites for hydroxylation is 2. The minimum absolute atomic E-state index is 0.398. The molecule has 0 aliphatic rings. The summed E-state index contributed by atoms with van der Waals surface area (Å²) >= 11 is 1.40. The quantitative estimate of drug-likeness (QED) is 0.858. The first kappa shape index (κ1) is 10.1. The average Bonchev–Trinajstić information content (AvgIpc) is 2.66. The first-order chi connectivity index (χ1) is 7.34. The van der Waals surface area contributed by atoms with Crippen molar-refractivity contribution < 1.29 is 0 Å². The zero-order valence-corrected chi connectivity index (χ0v) is 9.20. The van der Waals surface area contributed by atoms with E-state index in [0.717, 1.165) is 24.3 Å². The molecule has 0 saturated carbocycles. The van der Waals surface area contributed by atoms with E-state index in [4.69, 9.17) is 5.73 Å². The van der Waals surface area contributed by atoms with Crippen LogP contribution in [-0.4, -0.2) is 9.36 Å². The Bertz CT molecular complexity index is 411. The van der Waals surface area contributed by atoms with Gasteiger partial charge in [0.1, 0.15) is 5.01 Å². The van der Waals surface area contributed by atoms with Gasteiger partial charge < -0.3 is 5.73 Å². The van der Waals surface area contributed by atoms with Gasteiger partial charge in [0.05, 0.1) is 0 Å². The molecule has 0 unspecified atom stereocenters. The molecule has 78 valence electrons. The summed E-state index contributed by atoms with van der Waals surface area (Å²) in [5.74, 6) is 0.398. The van der Waals surface area contributed by atoms with E-state index in [9.17, 15) is 0 Å². The summed E-state index contributed by atoms with van der Waals surface area (Å²) in [5.41, 5.74) is 6.82. The molecule has 0 aliphatic heterocycles. The van der Waals surface area contributed by atoms with Gasteiger partial charge in [-0.25, -0.2) is 4.98 Å². The van der Waals surface area contributed by atoms with E-state index in [1.54, 1.807) is 0 Å². The van der Waals surface area contributed by atoms with Gasteiger partial charge in [-0.05, 0) is 29.9 Å². The molecular formula is C11H13N3S. The van der Waals surface area contributed by atoms with Gasteiger partial charge >= 0.3 is 0 Å². The summed E-state index contributed by atoms with van der Waals surface area (Å²) in [6.45, 7) is 0. The van der Waals surface area contributed by atoms with E-state index < -0.39 is 0 Å². The van der Waals surface area contributed by atoms with E-state index in [1.807, 2.05) is 6.07 Å². The number of nitrogens with two attached hydrogens (primary N) is 1. The van der Waals surface area contributed by atoms with Crippen molar-refractivity contribution in [3.63, 3.8) is 0 Å². The highest BCUT2D eigenvalue weighted by Gasteiger charge is 2.00. The zero-order chi connectivity index (χ0) is 10.5. The number of nitrogens with zero attached hydrogens (tertiary/aromatic N) is 2. The molecule has 1 heterocycles. The summed E-state index contributed by atoms with van der Waals surface area (Å²) < 4.78 is 3.95. The number of hydrogen-bond donors (Lipinski definition) is 1. The van der Waals surface area contributed by atoms with Crippen LogP contribution in [-0.2, 0) is 12.8 Å². The fourth-order valence-electron chi connectivity index (χ4n) is 1.46. The zero-order valence-electron chi connectivity index (χ0n) is 8.39. The lowest BCUT2D eigenvalue weighted by atomic mass is 10.1. The van der Waals surface area contributed by atoms with E-state index in [1.165, 1.54) is 17.1 Å².